The van der Waals surface area contributed by atoms with Crippen molar-refractivity contribution in [1.29, 1.82) is 0 Å². The fraction of sp³-hybridized carbons (Fsp3) is 0.214. The standard InChI is InChI=1S/C14H14N4O/c19-9-3-4-11-10-18(17-16-11)14-7-1-6-13-12(14)5-2-8-15-13/h1-2,5-8,10,19H,3-4,9H2. The van der Waals surface area contributed by atoms with Gasteiger partial charge in [-0.25, -0.2) is 4.68 Å². The van der Waals surface area contributed by atoms with E-state index in [1.807, 2.05) is 36.5 Å². The molecule has 0 amide bonds. The second-order valence-electron chi connectivity index (χ2n) is 4.33. The molecule has 5 heteroatoms. The highest BCUT2D eigenvalue weighted by molar-refractivity contribution is 5.86. The summed E-state index contributed by atoms with van der Waals surface area (Å²) in [5, 5.41) is 18.1. The third-order valence-electron chi connectivity index (χ3n) is 3.00. The summed E-state index contributed by atoms with van der Waals surface area (Å²) in [7, 11) is 0. The van der Waals surface area contributed by atoms with Gasteiger partial charge in [-0.05, 0) is 37.1 Å². The lowest BCUT2D eigenvalue weighted by atomic mass is 10.2. The number of aliphatic hydroxyl groups excluding tert-OH is 1. The van der Waals surface area contributed by atoms with Crippen LogP contribution in [0.15, 0.2) is 42.7 Å². The van der Waals surface area contributed by atoms with Gasteiger partial charge in [-0.15, -0.1) is 5.10 Å². The van der Waals surface area contributed by atoms with Gasteiger partial charge < -0.3 is 5.11 Å². The normalized spacial score (nSPS) is 11.0. The van der Waals surface area contributed by atoms with E-state index in [9.17, 15) is 0 Å². The summed E-state index contributed by atoms with van der Waals surface area (Å²) in [5.74, 6) is 0. The minimum Gasteiger partial charge on any atom is -0.396 e. The first kappa shape index (κ1) is 11.8. The van der Waals surface area contributed by atoms with Gasteiger partial charge in [0.25, 0.3) is 0 Å². The van der Waals surface area contributed by atoms with Crippen LogP contribution >= 0.6 is 0 Å². The summed E-state index contributed by atoms with van der Waals surface area (Å²) in [6.07, 6.45) is 5.12. The van der Waals surface area contributed by atoms with Gasteiger partial charge in [0, 0.05) is 18.2 Å². The summed E-state index contributed by atoms with van der Waals surface area (Å²) < 4.78 is 1.76. The van der Waals surface area contributed by atoms with Crippen LogP contribution in [-0.4, -0.2) is 31.7 Å². The first-order valence-electron chi connectivity index (χ1n) is 6.25. The van der Waals surface area contributed by atoms with E-state index in [-0.39, 0.29) is 6.61 Å². The molecule has 0 aliphatic rings. The molecule has 0 atom stereocenters. The van der Waals surface area contributed by atoms with Crippen LogP contribution < -0.4 is 0 Å². The van der Waals surface area contributed by atoms with E-state index in [4.69, 9.17) is 5.11 Å². The summed E-state index contributed by atoms with van der Waals surface area (Å²) in [4.78, 5) is 4.33. The lowest BCUT2D eigenvalue weighted by molar-refractivity contribution is 0.288. The van der Waals surface area contributed by atoms with Crippen LogP contribution in [0.2, 0.25) is 0 Å². The molecule has 3 aromatic rings. The van der Waals surface area contributed by atoms with Crippen LogP contribution in [0.4, 0.5) is 0 Å². The number of benzene rings is 1. The van der Waals surface area contributed by atoms with Crippen molar-refractivity contribution in [3.63, 3.8) is 0 Å². The predicted molar refractivity (Wildman–Crippen MR) is 72.1 cm³/mol. The highest BCUT2D eigenvalue weighted by Crippen LogP contribution is 2.19. The third-order valence-corrected chi connectivity index (χ3v) is 3.00. The van der Waals surface area contributed by atoms with Crippen molar-refractivity contribution in [1.82, 2.24) is 20.0 Å². The van der Waals surface area contributed by atoms with Crippen LogP contribution in [-0.2, 0) is 6.42 Å². The molecular weight excluding hydrogens is 240 g/mol. The third kappa shape index (κ3) is 2.32. The molecule has 0 aliphatic heterocycles. The molecule has 0 spiro atoms. The Morgan fingerprint density at radius 1 is 1.16 bits per heavy atom. The van der Waals surface area contributed by atoms with Gasteiger partial charge in [-0.2, -0.15) is 0 Å². The Morgan fingerprint density at radius 2 is 2.11 bits per heavy atom. The molecule has 0 saturated heterocycles. The van der Waals surface area contributed by atoms with Crippen LogP contribution in [0, 0.1) is 0 Å². The predicted octanol–water partition coefficient (Wildman–Crippen LogP) is 1.74. The maximum absolute atomic E-state index is 8.83. The Bertz CT molecular complexity index is 687. The van der Waals surface area contributed by atoms with E-state index in [0.29, 0.717) is 6.42 Å². The SMILES string of the molecule is OCCCc1cn(-c2cccc3ncccc23)nn1. The smallest absolute Gasteiger partial charge is 0.0832 e. The molecule has 0 radical (unpaired) electrons. The molecular formula is C14H14N4O. The van der Waals surface area contributed by atoms with Gasteiger partial charge in [0.2, 0.25) is 0 Å². The Labute approximate surface area is 110 Å². The fourth-order valence-corrected chi connectivity index (χ4v) is 2.08. The van der Waals surface area contributed by atoms with Crippen LogP contribution in [0.3, 0.4) is 0 Å². The van der Waals surface area contributed by atoms with E-state index in [1.54, 1.807) is 10.9 Å². The van der Waals surface area contributed by atoms with Crippen LogP contribution in [0.25, 0.3) is 16.6 Å². The molecule has 2 aromatic heterocycles. The van der Waals surface area contributed by atoms with Gasteiger partial charge in [0.15, 0.2) is 0 Å². The van der Waals surface area contributed by atoms with Gasteiger partial charge >= 0.3 is 0 Å². The van der Waals surface area contributed by atoms with Crippen molar-refractivity contribution in [2.24, 2.45) is 0 Å². The van der Waals surface area contributed by atoms with Crippen molar-refractivity contribution < 1.29 is 5.11 Å². The Balaban J connectivity index is 2.02. The van der Waals surface area contributed by atoms with Crippen LogP contribution in [0.1, 0.15) is 12.1 Å². The van der Waals surface area contributed by atoms with Crippen molar-refractivity contribution in [3.8, 4) is 5.69 Å². The molecule has 0 unspecified atom stereocenters. The number of aromatic nitrogens is 4. The zero-order valence-corrected chi connectivity index (χ0v) is 10.4. The molecule has 5 nitrogen and oxygen atoms in total. The molecule has 2 heterocycles. The zero-order valence-electron chi connectivity index (χ0n) is 10.4. The first-order chi connectivity index (χ1) is 9.38. The molecule has 0 bridgehead atoms. The molecule has 0 saturated carbocycles. The summed E-state index contributed by atoms with van der Waals surface area (Å²) >= 11 is 0. The Hall–Kier alpha value is -2.27. The van der Waals surface area contributed by atoms with E-state index in [1.165, 1.54) is 0 Å². The molecule has 96 valence electrons. The lowest BCUT2D eigenvalue weighted by Gasteiger charge is -2.04. The number of hydrogen-bond donors (Lipinski definition) is 1. The second kappa shape index (κ2) is 5.16. The quantitative estimate of drug-likeness (QED) is 0.770. The molecule has 19 heavy (non-hydrogen) atoms. The minimum atomic E-state index is 0.172. The van der Waals surface area contributed by atoms with Crippen LogP contribution in [0.5, 0.6) is 0 Å². The van der Waals surface area contributed by atoms with E-state index >= 15 is 0 Å². The monoisotopic (exact) mass is 254 g/mol. The topological polar surface area (TPSA) is 63.8 Å². The maximum Gasteiger partial charge on any atom is 0.0832 e. The van der Waals surface area contributed by atoms with Gasteiger partial charge in [-0.1, -0.05) is 11.3 Å². The molecule has 1 N–H and O–H groups in total. The number of fused-ring (bicyclic) bond motifs is 1. The first-order valence-corrected chi connectivity index (χ1v) is 6.25. The maximum atomic E-state index is 8.83. The van der Waals surface area contributed by atoms with Gasteiger partial charge in [0.1, 0.15) is 0 Å². The summed E-state index contributed by atoms with van der Waals surface area (Å²) in [6.45, 7) is 0.172. The highest BCUT2D eigenvalue weighted by Gasteiger charge is 2.06. The van der Waals surface area contributed by atoms with Crippen molar-refractivity contribution in [3.05, 3.63) is 48.4 Å². The number of aliphatic hydroxyl groups is 1. The average Bonchev–Trinajstić information content (AvgIpc) is 2.93. The van der Waals surface area contributed by atoms with E-state index in [2.05, 4.69) is 15.3 Å². The summed E-state index contributed by atoms with van der Waals surface area (Å²) in [5.41, 5.74) is 2.79. The minimum absolute atomic E-state index is 0.172. The van der Waals surface area contributed by atoms with Crippen molar-refractivity contribution in [2.45, 2.75) is 12.8 Å². The lowest BCUT2D eigenvalue weighted by Crippen LogP contribution is -1.96. The Morgan fingerprint density at radius 3 is 3.00 bits per heavy atom. The van der Waals surface area contributed by atoms with Crippen molar-refractivity contribution >= 4 is 10.9 Å². The second-order valence-corrected chi connectivity index (χ2v) is 4.33. The Kier molecular flexibility index (Phi) is 3.20. The van der Waals surface area contributed by atoms with E-state index in [0.717, 1.165) is 28.7 Å². The molecule has 0 fully saturated rings. The molecule has 3 rings (SSSR count). The molecule has 1 aromatic carbocycles. The fourth-order valence-electron chi connectivity index (χ4n) is 2.08. The zero-order chi connectivity index (χ0) is 13.1. The number of rotatable bonds is 4. The number of hydrogen-bond acceptors (Lipinski definition) is 4. The number of nitrogens with zero attached hydrogens (tertiary/aromatic N) is 4. The van der Waals surface area contributed by atoms with Gasteiger partial charge in [0.05, 0.1) is 23.1 Å². The summed E-state index contributed by atoms with van der Waals surface area (Å²) in [6, 6.07) is 9.86. The highest BCUT2D eigenvalue weighted by atomic mass is 16.2. The number of pyridine rings is 1. The average molecular weight is 254 g/mol. The van der Waals surface area contributed by atoms with Crippen molar-refractivity contribution in [2.75, 3.05) is 6.61 Å². The van der Waals surface area contributed by atoms with Gasteiger partial charge in [-0.3, -0.25) is 4.98 Å². The number of aryl methyl sites for hydroxylation is 1. The van der Waals surface area contributed by atoms with E-state index < -0.39 is 0 Å². The largest absolute Gasteiger partial charge is 0.396 e. The molecule has 0 aliphatic carbocycles.